The lowest BCUT2D eigenvalue weighted by Gasteiger charge is -2.05. The molecule has 17 heavy (non-hydrogen) atoms. The number of hydrogen-bond acceptors (Lipinski definition) is 4. The highest BCUT2D eigenvalue weighted by Gasteiger charge is 2.06. The van der Waals surface area contributed by atoms with Crippen molar-refractivity contribution in [2.24, 2.45) is 0 Å². The van der Waals surface area contributed by atoms with Crippen molar-refractivity contribution in [1.29, 1.82) is 0 Å². The fourth-order valence-electron chi connectivity index (χ4n) is 1.18. The van der Waals surface area contributed by atoms with Crippen LogP contribution < -0.4 is 5.32 Å². The molecule has 0 saturated carbocycles. The zero-order chi connectivity index (χ0) is 12.8. The Kier molecular flexibility index (Phi) is 4.90. The van der Waals surface area contributed by atoms with Gasteiger partial charge in [-0.05, 0) is 19.1 Å². The van der Waals surface area contributed by atoms with Gasteiger partial charge in [0, 0.05) is 18.2 Å². The van der Waals surface area contributed by atoms with Crippen LogP contribution >= 0.6 is 11.8 Å². The van der Waals surface area contributed by atoms with Gasteiger partial charge < -0.3 is 5.32 Å². The minimum Gasteiger partial charge on any atom is -0.325 e. The van der Waals surface area contributed by atoms with Crippen LogP contribution in [0.15, 0.2) is 24.3 Å². The molecule has 0 aliphatic carbocycles. The molecule has 0 heterocycles. The normalized spacial score (nSPS) is 9.76. The van der Waals surface area contributed by atoms with Gasteiger partial charge in [0.25, 0.3) is 0 Å². The molecule has 0 spiro atoms. The maximum absolute atomic E-state index is 11.4. The second-order valence-corrected chi connectivity index (χ2v) is 4.62. The fraction of sp³-hybridized carbons (Fsp3) is 0.250. The van der Waals surface area contributed by atoms with Crippen LogP contribution in [0.2, 0.25) is 0 Å². The first-order valence-electron chi connectivity index (χ1n) is 5.03. The summed E-state index contributed by atoms with van der Waals surface area (Å²) in [6.07, 6.45) is 0. The topological polar surface area (TPSA) is 63.2 Å². The number of Topliss-reactive ketones (excluding diaryl/α,β-unsaturated/α-hetero) is 1. The Morgan fingerprint density at radius 1 is 1.24 bits per heavy atom. The van der Waals surface area contributed by atoms with Crippen molar-refractivity contribution >= 4 is 34.3 Å². The zero-order valence-corrected chi connectivity index (χ0v) is 10.5. The van der Waals surface area contributed by atoms with Gasteiger partial charge in [-0.1, -0.05) is 23.9 Å². The molecular weight excluding hydrogens is 238 g/mol. The van der Waals surface area contributed by atoms with Gasteiger partial charge >= 0.3 is 0 Å². The lowest BCUT2D eigenvalue weighted by Crippen LogP contribution is -2.15. The minimum absolute atomic E-state index is 0.0563. The molecule has 1 N–H and O–H groups in total. The second-order valence-electron chi connectivity index (χ2n) is 3.47. The summed E-state index contributed by atoms with van der Waals surface area (Å²) in [4.78, 5) is 33.2. The average molecular weight is 251 g/mol. The lowest BCUT2D eigenvalue weighted by atomic mass is 10.1. The van der Waals surface area contributed by atoms with Crippen molar-refractivity contribution in [3.63, 3.8) is 0 Å². The Morgan fingerprint density at radius 3 is 2.53 bits per heavy atom. The summed E-state index contributed by atoms with van der Waals surface area (Å²) >= 11 is 0.951. The van der Waals surface area contributed by atoms with Gasteiger partial charge in [0.15, 0.2) is 10.9 Å². The number of anilines is 1. The Labute approximate surface area is 104 Å². The Balaban J connectivity index is 2.62. The van der Waals surface area contributed by atoms with Crippen molar-refractivity contribution < 1.29 is 14.4 Å². The highest BCUT2D eigenvalue weighted by Crippen LogP contribution is 2.12. The first-order valence-corrected chi connectivity index (χ1v) is 6.02. The van der Waals surface area contributed by atoms with E-state index in [1.165, 1.54) is 13.8 Å². The number of carbonyl (C=O) groups is 3. The molecule has 1 aromatic carbocycles. The van der Waals surface area contributed by atoms with Gasteiger partial charge in [-0.25, -0.2) is 0 Å². The molecule has 0 aliphatic heterocycles. The van der Waals surface area contributed by atoms with E-state index in [1.807, 2.05) is 0 Å². The molecule has 5 heteroatoms. The van der Waals surface area contributed by atoms with Crippen molar-refractivity contribution in [2.75, 3.05) is 11.1 Å². The standard InChI is InChI=1S/C12H13NO3S/c1-8(14)10-4-3-5-11(6-10)13-12(16)7-17-9(2)15/h3-6H,7H2,1-2H3,(H,13,16). The SMILES string of the molecule is CC(=O)SCC(=O)Nc1cccc(C(C)=O)c1. The van der Waals surface area contributed by atoms with Crippen LogP contribution in [0.5, 0.6) is 0 Å². The maximum Gasteiger partial charge on any atom is 0.234 e. The highest BCUT2D eigenvalue weighted by molar-refractivity contribution is 8.14. The van der Waals surface area contributed by atoms with E-state index in [0.717, 1.165) is 11.8 Å². The highest BCUT2D eigenvalue weighted by atomic mass is 32.2. The molecule has 0 fully saturated rings. The van der Waals surface area contributed by atoms with Crippen LogP contribution in [0.3, 0.4) is 0 Å². The van der Waals surface area contributed by atoms with Gasteiger partial charge in [-0.15, -0.1) is 0 Å². The Morgan fingerprint density at radius 2 is 1.94 bits per heavy atom. The number of nitrogens with one attached hydrogen (secondary N) is 1. The summed E-state index contributed by atoms with van der Waals surface area (Å²) < 4.78 is 0. The van der Waals surface area contributed by atoms with Gasteiger partial charge in [0.2, 0.25) is 5.91 Å². The monoisotopic (exact) mass is 251 g/mol. The molecule has 0 atom stereocenters. The minimum atomic E-state index is -0.258. The van der Waals surface area contributed by atoms with E-state index in [0.29, 0.717) is 11.3 Å². The van der Waals surface area contributed by atoms with Gasteiger partial charge in [0.05, 0.1) is 5.75 Å². The van der Waals surface area contributed by atoms with Crippen molar-refractivity contribution in [3.8, 4) is 0 Å². The number of rotatable bonds is 4. The van der Waals surface area contributed by atoms with Crippen molar-refractivity contribution in [2.45, 2.75) is 13.8 Å². The van der Waals surface area contributed by atoms with Crippen molar-refractivity contribution in [3.05, 3.63) is 29.8 Å². The molecular formula is C12H13NO3S. The van der Waals surface area contributed by atoms with Crippen LogP contribution in [0.1, 0.15) is 24.2 Å². The van der Waals surface area contributed by atoms with Gasteiger partial charge in [-0.2, -0.15) is 0 Å². The number of thioether (sulfide) groups is 1. The van der Waals surface area contributed by atoms with E-state index in [-0.39, 0.29) is 22.6 Å². The van der Waals surface area contributed by atoms with E-state index >= 15 is 0 Å². The molecule has 90 valence electrons. The number of benzene rings is 1. The van der Waals surface area contributed by atoms with Crippen LogP contribution in [-0.4, -0.2) is 22.6 Å². The van der Waals surface area contributed by atoms with Gasteiger partial charge in [-0.3, -0.25) is 14.4 Å². The Bertz CT molecular complexity index is 457. The molecule has 1 aromatic rings. The number of carbonyl (C=O) groups excluding carboxylic acids is 3. The zero-order valence-electron chi connectivity index (χ0n) is 9.65. The third kappa shape index (κ3) is 4.82. The van der Waals surface area contributed by atoms with E-state index in [4.69, 9.17) is 0 Å². The Hall–Kier alpha value is -1.62. The third-order valence-corrected chi connectivity index (χ3v) is 2.77. The molecule has 0 aromatic heterocycles. The fourth-order valence-corrected chi connectivity index (χ4v) is 1.59. The van der Waals surface area contributed by atoms with Crippen LogP contribution in [0, 0.1) is 0 Å². The van der Waals surface area contributed by atoms with E-state index < -0.39 is 0 Å². The van der Waals surface area contributed by atoms with Crippen LogP contribution in [0.4, 0.5) is 5.69 Å². The summed E-state index contributed by atoms with van der Waals surface area (Å²) in [5.41, 5.74) is 1.11. The molecule has 1 rings (SSSR count). The molecule has 4 nitrogen and oxygen atoms in total. The van der Waals surface area contributed by atoms with E-state index in [1.54, 1.807) is 24.3 Å². The van der Waals surface area contributed by atoms with Crippen LogP contribution in [0.25, 0.3) is 0 Å². The lowest BCUT2D eigenvalue weighted by molar-refractivity contribution is -0.114. The second kappa shape index (κ2) is 6.20. The van der Waals surface area contributed by atoms with Crippen LogP contribution in [-0.2, 0) is 9.59 Å². The number of ketones is 1. The quantitative estimate of drug-likeness (QED) is 0.832. The molecule has 0 radical (unpaired) electrons. The average Bonchev–Trinajstić information content (AvgIpc) is 2.26. The molecule has 0 bridgehead atoms. The van der Waals surface area contributed by atoms with Crippen molar-refractivity contribution in [1.82, 2.24) is 0 Å². The predicted octanol–water partition coefficient (Wildman–Crippen LogP) is 2.11. The number of hydrogen-bond donors (Lipinski definition) is 1. The first kappa shape index (κ1) is 13.4. The molecule has 0 saturated heterocycles. The van der Waals surface area contributed by atoms with E-state index in [9.17, 15) is 14.4 Å². The number of amides is 1. The third-order valence-electron chi connectivity index (χ3n) is 1.96. The summed E-state index contributed by atoms with van der Waals surface area (Å²) in [6, 6.07) is 6.69. The summed E-state index contributed by atoms with van der Waals surface area (Å²) in [7, 11) is 0. The van der Waals surface area contributed by atoms with Gasteiger partial charge in [0.1, 0.15) is 0 Å². The predicted molar refractivity (Wildman–Crippen MR) is 68.2 cm³/mol. The first-order chi connectivity index (χ1) is 7.99. The molecule has 0 aliphatic rings. The van der Waals surface area contributed by atoms with E-state index in [2.05, 4.69) is 5.32 Å². The summed E-state index contributed by atoms with van der Waals surface area (Å²) in [6.45, 7) is 2.88. The molecule has 0 unspecified atom stereocenters. The molecule has 1 amide bonds. The summed E-state index contributed by atoms with van der Waals surface area (Å²) in [5.74, 6) is -0.232. The largest absolute Gasteiger partial charge is 0.325 e. The maximum atomic E-state index is 11.4. The summed E-state index contributed by atoms with van der Waals surface area (Å²) in [5, 5.41) is 2.53. The smallest absolute Gasteiger partial charge is 0.234 e.